The molecule has 0 radical (unpaired) electrons. The normalized spacial score (nSPS) is 14.3. The Morgan fingerprint density at radius 2 is 1.00 bits per heavy atom. The van der Waals surface area contributed by atoms with E-state index >= 15 is 0 Å². The first-order chi connectivity index (χ1) is 13.3. The third kappa shape index (κ3) is 25.4. The molecule has 3 N–H and O–H groups in total. The molecule has 162 valence electrons. The van der Waals surface area contributed by atoms with Gasteiger partial charge >= 0.3 is 0 Å². The van der Waals surface area contributed by atoms with Crippen LogP contribution in [0.2, 0.25) is 0 Å². The van der Waals surface area contributed by atoms with Crippen LogP contribution in [0.1, 0.15) is 135 Å². The van der Waals surface area contributed by atoms with Crippen LogP contribution in [0.4, 0.5) is 0 Å². The number of nitrogens with two attached hydrogens (primary N) is 1. The van der Waals surface area contributed by atoms with Gasteiger partial charge in [-0.25, -0.2) is 0 Å². The zero-order valence-electron chi connectivity index (χ0n) is 18.5. The van der Waals surface area contributed by atoms with Gasteiger partial charge in [0.15, 0.2) is 0 Å². The van der Waals surface area contributed by atoms with E-state index in [4.69, 9.17) is 5.73 Å². The van der Waals surface area contributed by atoms with Crippen molar-refractivity contribution in [1.29, 1.82) is 0 Å². The quantitative estimate of drug-likeness (QED) is 0.286. The van der Waals surface area contributed by atoms with Gasteiger partial charge < -0.3 is 11.1 Å². The van der Waals surface area contributed by atoms with Gasteiger partial charge in [-0.3, -0.25) is 4.79 Å². The molecule has 0 unspecified atom stereocenters. The molecule has 0 spiro atoms. The summed E-state index contributed by atoms with van der Waals surface area (Å²) >= 11 is 0. The van der Waals surface area contributed by atoms with Crippen molar-refractivity contribution >= 4 is 5.91 Å². The highest BCUT2D eigenvalue weighted by Crippen LogP contribution is 2.13. The van der Waals surface area contributed by atoms with Crippen molar-refractivity contribution in [2.75, 3.05) is 13.1 Å². The fourth-order valence-electron chi connectivity index (χ4n) is 3.65. The topological polar surface area (TPSA) is 55.1 Å². The highest BCUT2D eigenvalue weighted by molar-refractivity contribution is 5.73. The summed E-state index contributed by atoms with van der Waals surface area (Å²) in [5, 5.41) is 3.35. The standard InChI is InChI=1S/C18H37NO.C6H13N/c1-2-3-4-5-6-7-8-9-10-11-12-13-14-15-16-17-18(19)20;1-2-4-6-7-5-3-1/h2-17H2,1H3,(H2,19,20);7H,1-6H2. The predicted molar refractivity (Wildman–Crippen MR) is 120 cm³/mol. The van der Waals surface area contributed by atoms with Gasteiger partial charge in [0.05, 0.1) is 0 Å². The van der Waals surface area contributed by atoms with Gasteiger partial charge in [0.2, 0.25) is 5.91 Å². The van der Waals surface area contributed by atoms with Gasteiger partial charge in [0.25, 0.3) is 0 Å². The van der Waals surface area contributed by atoms with Crippen molar-refractivity contribution in [2.24, 2.45) is 5.73 Å². The summed E-state index contributed by atoms with van der Waals surface area (Å²) in [7, 11) is 0. The van der Waals surface area contributed by atoms with Gasteiger partial charge in [-0.1, -0.05) is 110 Å². The molecule has 3 heteroatoms. The molecule has 1 fully saturated rings. The van der Waals surface area contributed by atoms with Gasteiger partial charge in [-0.2, -0.15) is 0 Å². The third-order valence-corrected chi connectivity index (χ3v) is 5.48. The number of amides is 1. The highest BCUT2D eigenvalue weighted by Gasteiger charge is 1.96. The molecule has 0 bridgehead atoms. The summed E-state index contributed by atoms with van der Waals surface area (Å²) in [4.78, 5) is 10.6. The van der Waals surface area contributed by atoms with Gasteiger partial charge in [-0.15, -0.1) is 0 Å². The summed E-state index contributed by atoms with van der Waals surface area (Å²) in [5.74, 6) is -0.153. The number of unbranched alkanes of at least 4 members (excludes halogenated alkanes) is 14. The minimum absolute atomic E-state index is 0.153. The summed E-state index contributed by atoms with van der Waals surface area (Å²) in [5.41, 5.74) is 5.11. The molecule has 0 saturated carbocycles. The largest absolute Gasteiger partial charge is 0.370 e. The maximum absolute atomic E-state index is 10.6. The van der Waals surface area contributed by atoms with Gasteiger partial charge in [0, 0.05) is 6.42 Å². The summed E-state index contributed by atoms with van der Waals surface area (Å²) in [6.07, 6.45) is 26.5. The maximum Gasteiger partial charge on any atom is 0.217 e. The van der Waals surface area contributed by atoms with Crippen molar-refractivity contribution in [3.8, 4) is 0 Å². The van der Waals surface area contributed by atoms with E-state index in [0.717, 1.165) is 6.42 Å². The molecule has 0 atom stereocenters. The maximum atomic E-state index is 10.6. The van der Waals surface area contributed by atoms with Crippen LogP contribution in [-0.2, 0) is 4.79 Å². The van der Waals surface area contributed by atoms with Gasteiger partial charge in [-0.05, 0) is 32.4 Å². The fraction of sp³-hybridized carbons (Fsp3) is 0.958. The lowest BCUT2D eigenvalue weighted by Crippen LogP contribution is -2.12. The third-order valence-electron chi connectivity index (χ3n) is 5.48. The van der Waals surface area contributed by atoms with Gasteiger partial charge in [0.1, 0.15) is 0 Å². The number of hydrogen-bond donors (Lipinski definition) is 2. The molecule has 1 heterocycles. The molecular formula is C24H50N2O. The van der Waals surface area contributed by atoms with Crippen LogP contribution >= 0.6 is 0 Å². The number of carbonyl (C=O) groups excluding carboxylic acids is 1. The second-order valence-electron chi connectivity index (χ2n) is 8.33. The molecule has 1 rings (SSSR count). The van der Waals surface area contributed by atoms with Crippen molar-refractivity contribution in [2.45, 2.75) is 135 Å². The first-order valence-corrected chi connectivity index (χ1v) is 12.3. The lowest BCUT2D eigenvalue weighted by Gasteiger charge is -2.03. The number of rotatable bonds is 16. The Morgan fingerprint density at radius 3 is 1.37 bits per heavy atom. The van der Waals surface area contributed by atoms with E-state index in [1.807, 2.05) is 0 Å². The Bertz CT molecular complexity index is 274. The van der Waals surface area contributed by atoms with Crippen molar-refractivity contribution < 1.29 is 4.79 Å². The minimum Gasteiger partial charge on any atom is -0.370 e. The molecule has 0 aromatic carbocycles. The minimum atomic E-state index is -0.153. The monoisotopic (exact) mass is 382 g/mol. The molecule has 1 saturated heterocycles. The van der Waals surface area contributed by atoms with E-state index in [1.54, 1.807) is 0 Å². The molecule has 1 aliphatic heterocycles. The van der Waals surface area contributed by atoms with Crippen molar-refractivity contribution in [3.05, 3.63) is 0 Å². The zero-order valence-corrected chi connectivity index (χ0v) is 18.5. The molecule has 0 aliphatic carbocycles. The van der Waals surface area contributed by atoms with Crippen LogP contribution in [0.3, 0.4) is 0 Å². The molecule has 0 aromatic rings. The lowest BCUT2D eigenvalue weighted by molar-refractivity contribution is -0.118. The molecule has 1 aliphatic rings. The number of primary amides is 1. The number of nitrogens with one attached hydrogen (secondary N) is 1. The second-order valence-corrected chi connectivity index (χ2v) is 8.33. The van der Waals surface area contributed by atoms with E-state index in [2.05, 4.69) is 12.2 Å². The molecule has 0 aromatic heterocycles. The molecular weight excluding hydrogens is 332 g/mol. The lowest BCUT2D eigenvalue weighted by atomic mass is 10.0. The second kappa shape index (κ2) is 23.5. The fourth-order valence-corrected chi connectivity index (χ4v) is 3.65. The Kier molecular flexibility index (Phi) is 23.0. The van der Waals surface area contributed by atoms with Crippen LogP contribution in [0.15, 0.2) is 0 Å². The smallest absolute Gasteiger partial charge is 0.217 e. The van der Waals surface area contributed by atoms with Crippen LogP contribution in [-0.4, -0.2) is 19.0 Å². The van der Waals surface area contributed by atoms with E-state index in [1.165, 1.54) is 129 Å². The Hall–Kier alpha value is -0.570. The predicted octanol–water partition coefficient (Wildman–Crippen LogP) is 6.88. The Balaban J connectivity index is 0.000000797. The Labute approximate surface area is 170 Å². The Morgan fingerprint density at radius 1 is 0.630 bits per heavy atom. The van der Waals surface area contributed by atoms with Crippen LogP contribution in [0.5, 0.6) is 0 Å². The number of hydrogen-bond acceptors (Lipinski definition) is 2. The van der Waals surface area contributed by atoms with E-state index < -0.39 is 0 Å². The summed E-state index contributed by atoms with van der Waals surface area (Å²) in [6.45, 7) is 4.78. The highest BCUT2D eigenvalue weighted by atomic mass is 16.1. The van der Waals surface area contributed by atoms with E-state index in [-0.39, 0.29) is 5.91 Å². The summed E-state index contributed by atoms with van der Waals surface area (Å²) < 4.78 is 0. The van der Waals surface area contributed by atoms with Crippen molar-refractivity contribution in [3.63, 3.8) is 0 Å². The van der Waals surface area contributed by atoms with Crippen LogP contribution in [0, 0.1) is 0 Å². The number of carbonyl (C=O) groups is 1. The average Bonchev–Trinajstić information content (AvgIpc) is 2.98. The van der Waals surface area contributed by atoms with Crippen molar-refractivity contribution in [1.82, 2.24) is 5.32 Å². The molecule has 1 amide bonds. The van der Waals surface area contributed by atoms with E-state index in [0.29, 0.717) is 6.42 Å². The molecule has 27 heavy (non-hydrogen) atoms. The first kappa shape index (κ1) is 26.4. The summed E-state index contributed by atoms with van der Waals surface area (Å²) in [6, 6.07) is 0. The molecule has 3 nitrogen and oxygen atoms in total. The van der Waals surface area contributed by atoms with Crippen LogP contribution < -0.4 is 11.1 Å². The zero-order chi connectivity index (χ0) is 19.8. The first-order valence-electron chi connectivity index (χ1n) is 12.3. The van der Waals surface area contributed by atoms with E-state index in [9.17, 15) is 4.79 Å². The average molecular weight is 383 g/mol. The van der Waals surface area contributed by atoms with Crippen LogP contribution in [0.25, 0.3) is 0 Å². The SMILES string of the molecule is C1CCCNCC1.CCCCCCCCCCCCCCCCCC(N)=O.